The summed E-state index contributed by atoms with van der Waals surface area (Å²) in [6.07, 6.45) is 0. The van der Waals surface area contributed by atoms with Crippen molar-refractivity contribution in [3.8, 4) is 34.4 Å². The van der Waals surface area contributed by atoms with Gasteiger partial charge in [-0.1, -0.05) is 361 Å². The summed E-state index contributed by atoms with van der Waals surface area (Å²) in [6.45, 7) is 0. The SMILES string of the molecule is O=C(Oc1ccc(C#C[Si]2(c3ccccc3)C(c3ccccc3)=C(c3ccccc3)C(c3ccccc3)=C2c2ccccc2)cc1)c1ccc(CSSCc2ccc(C(=O)Oc3ccc(C#C[Si]4(c5ccccc5)C(c5ccccc5)=C(c5ccccc5)C(c5ccccc5)=C4c4ccccc4)cc3)cc2)cc1. The van der Waals surface area contributed by atoms with Crippen LogP contribution in [-0.2, 0) is 11.5 Å². The third-order valence-electron chi connectivity index (χ3n) is 19.7. The molecule has 0 saturated heterocycles. The summed E-state index contributed by atoms with van der Waals surface area (Å²) in [4.78, 5) is 27.4. The number of esters is 2. The Morgan fingerprint density at radius 1 is 0.250 bits per heavy atom. The monoisotopic (exact) mass is 1450 g/mol. The number of allylic oxidation sites excluding steroid dienone is 4. The highest BCUT2D eigenvalue weighted by Gasteiger charge is 2.53. The molecule has 14 aromatic rings. The van der Waals surface area contributed by atoms with Gasteiger partial charge in [-0.2, -0.15) is 0 Å². The van der Waals surface area contributed by atoms with Gasteiger partial charge in [-0.15, -0.1) is 11.1 Å². The molecule has 0 aromatic heterocycles. The molecule has 2 aliphatic heterocycles. The van der Waals surface area contributed by atoms with Crippen molar-refractivity contribution in [2.45, 2.75) is 11.5 Å². The van der Waals surface area contributed by atoms with E-state index in [4.69, 9.17) is 9.47 Å². The van der Waals surface area contributed by atoms with Crippen molar-refractivity contribution in [1.82, 2.24) is 0 Å². The molecule has 0 aliphatic carbocycles. The second-order valence-electron chi connectivity index (χ2n) is 26.4. The number of carbonyl (C=O) groups is 2. The maximum absolute atomic E-state index is 13.7. The molecule has 0 bridgehead atoms. The average Bonchev–Trinajstić information content (AvgIpc) is 1.54. The fourth-order valence-corrected chi connectivity index (χ4v) is 26.5. The van der Waals surface area contributed by atoms with Gasteiger partial charge in [0, 0.05) is 22.6 Å². The molecule has 14 aromatic carbocycles. The molecule has 16 rings (SSSR count). The first-order valence-electron chi connectivity index (χ1n) is 36.1. The molecule has 8 heteroatoms. The molecule has 2 aliphatic rings. The van der Waals surface area contributed by atoms with E-state index in [1.54, 1.807) is 21.6 Å². The number of rotatable bonds is 19. The molecule has 0 atom stereocenters. The van der Waals surface area contributed by atoms with Gasteiger partial charge in [0.1, 0.15) is 11.5 Å². The van der Waals surface area contributed by atoms with Gasteiger partial charge < -0.3 is 9.47 Å². The van der Waals surface area contributed by atoms with E-state index in [1.807, 2.05) is 97.1 Å². The first-order valence-corrected chi connectivity index (χ1v) is 42.6. The Hall–Kier alpha value is -12.8. The lowest BCUT2D eigenvalue weighted by Crippen LogP contribution is -2.49. The molecule has 0 radical (unpaired) electrons. The second kappa shape index (κ2) is 32.3. The highest BCUT2D eigenvalue weighted by atomic mass is 33.1. The summed E-state index contributed by atoms with van der Waals surface area (Å²) in [6, 6.07) is 138. The van der Waals surface area contributed by atoms with Crippen LogP contribution in [0.15, 0.2) is 400 Å². The Kier molecular flexibility index (Phi) is 20.8. The van der Waals surface area contributed by atoms with Gasteiger partial charge in [0.05, 0.1) is 11.1 Å². The van der Waals surface area contributed by atoms with Crippen LogP contribution in [0.5, 0.6) is 11.5 Å². The highest BCUT2D eigenvalue weighted by Crippen LogP contribution is 2.57. The summed E-state index contributed by atoms with van der Waals surface area (Å²) in [5.74, 6) is 8.93. The molecule has 2 heterocycles. The van der Waals surface area contributed by atoms with Crippen LogP contribution >= 0.6 is 21.6 Å². The third kappa shape index (κ3) is 14.5. The Bertz CT molecular complexity index is 5240. The number of benzene rings is 14. The predicted molar refractivity (Wildman–Crippen MR) is 454 cm³/mol. The Morgan fingerprint density at radius 3 is 0.713 bits per heavy atom. The van der Waals surface area contributed by atoms with E-state index < -0.39 is 28.1 Å². The average molecular weight is 1460 g/mol. The van der Waals surface area contributed by atoms with Gasteiger partial charge in [0.15, 0.2) is 0 Å². The van der Waals surface area contributed by atoms with Crippen LogP contribution in [0, 0.1) is 22.9 Å². The molecule has 514 valence electrons. The molecular formula is C100H70O4S2Si2. The lowest BCUT2D eigenvalue weighted by atomic mass is 9.89. The van der Waals surface area contributed by atoms with E-state index in [-0.39, 0.29) is 0 Å². The predicted octanol–water partition coefficient (Wildman–Crippen LogP) is 22.3. The zero-order chi connectivity index (χ0) is 72.9. The Labute approximate surface area is 641 Å². The van der Waals surface area contributed by atoms with Crippen LogP contribution in [0.4, 0.5) is 0 Å². The van der Waals surface area contributed by atoms with E-state index in [1.165, 1.54) is 53.5 Å². The minimum atomic E-state index is -3.30. The van der Waals surface area contributed by atoms with Crippen molar-refractivity contribution in [3.05, 3.63) is 478 Å². The molecule has 0 saturated carbocycles. The minimum absolute atomic E-state index is 0.434. The minimum Gasteiger partial charge on any atom is -0.423 e. The van der Waals surface area contributed by atoms with Crippen LogP contribution < -0.4 is 19.8 Å². The fraction of sp³-hybridized carbons (Fsp3) is 0.0200. The smallest absolute Gasteiger partial charge is 0.343 e. The molecule has 0 unspecified atom stereocenters. The Balaban J connectivity index is 0.579. The van der Waals surface area contributed by atoms with Gasteiger partial charge in [0.2, 0.25) is 16.1 Å². The van der Waals surface area contributed by atoms with Crippen molar-refractivity contribution >= 4 is 103 Å². The number of hydrogen-bond acceptors (Lipinski definition) is 6. The molecule has 108 heavy (non-hydrogen) atoms. The second-order valence-corrected chi connectivity index (χ2v) is 35.5. The van der Waals surface area contributed by atoms with Crippen LogP contribution in [0.3, 0.4) is 0 Å². The fourth-order valence-electron chi connectivity index (χ4n) is 14.9. The lowest BCUT2D eigenvalue weighted by molar-refractivity contribution is 0.0725. The van der Waals surface area contributed by atoms with Crippen molar-refractivity contribution < 1.29 is 19.1 Å². The maximum atomic E-state index is 13.7. The maximum Gasteiger partial charge on any atom is 0.343 e. The topological polar surface area (TPSA) is 52.6 Å². The van der Waals surface area contributed by atoms with Gasteiger partial charge >= 0.3 is 11.9 Å². The van der Waals surface area contributed by atoms with Crippen LogP contribution in [0.2, 0.25) is 0 Å². The summed E-state index contributed by atoms with van der Waals surface area (Å²) < 4.78 is 12.0. The van der Waals surface area contributed by atoms with E-state index in [0.717, 1.165) is 78.3 Å². The van der Waals surface area contributed by atoms with E-state index in [2.05, 4.69) is 326 Å². The first kappa shape index (κ1) is 69.6. The highest BCUT2D eigenvalue weighted by molar-refractivity contribution is 8.76. The number of carbonyl (C=O) groups excluding carboxylic acids is 2. The molecule has 0 fully saturated rings. The van der Waals surface area contributed by atoms with Crippen LogP contribution in [0.25, 0.3) is 43.1 Å². The van der Waals surface area contributed by atoms with Crippen molar-refractivity contribution in [2.75, 3.05) is 0 Å². The van der Waals surface area contributed by atoms with Crippen molar-refractivity contribution in [2.24, 2.45) is 0 Å². The quantitative estimate of drug-likeness (QED) is 0.0201. The summed E-state index contributed by atoms with van der Waals surface area (Å²) in [5, 5.41) is 7.36. The zero-order valence-corrected chi connectivity index (χ0v) is 62.6. The molecular weight excluding hydrogens is 1390 g/mol. The lowest BCUT2D eigenvalue weighted by Gasteiger charge is -2.30. The third-order valence-corrected chi connectivity index (χ3v) is 30.6. The molecule has 0 amide bonds. The summed E-state index contributed by atoms with van der Waals surface area (Å²) in [5.41, 5.74) is 26.8. The summed E-state index contributed by atoms with van der Waals surface area (Å²) >= 11 is 0. The van der Waals surface area contributed by atoms with Crippen molar-refractivity contribution in [1.29, 1.82) is 0 Å². The van der Waals surface area contributed by atoms with Crippen molar-refractivity contribution in [3.63, 3.8) is 0 Å². The van der Waals surface area contributed by atoms with E-state index in [9.17, 15) is 9.59 Å². The number of ether oxygens (including phenoxy) is 2. The largest absolute Gasteiger partial charge is 0.423 e. The standard InChI is InChI=1S/C100H70O4S2Si2/c101-99(103-87-63-55-73(56-64-87)67-69-107(89-47-27-9-28-48-89)95(81-39-19-5-20-40-81)91(77-31-11-1-12-32-77)92(78-33-13-2-14-34-78)96(107)82-41-21-6-22-42-82)85-59-51-75(52-60-85)71-105-106-72-76-53-61-86(62-54-76)100(102)104-88-65-57-74(58-66-88)68-70-108(90-49-29-10-30-50-90)97(83-43-23-7-24-44-83)93(79-35-15-3-16-36-79)94(80-37-17-4-18-38-80)98(108)84-45-25-8-26-46-84/h1-66H,71-72H2. The molecule has 4 nitrogen and oxygen atoms in total. The normalized spacial score (nSPS) is 13.4. The zero-order valence-electron chi connectivity index (χ0n) is 59.0. The van der Waals surface area contributed by atoms with Gasteiger partial charge in [-0.25, -0.2) is 9.59 Å². The molecule has 0 spiro atoms. The Morgan fingerprint density at radius 2 is 0.472 bits per heavy atom. The van der Waals surface area contributed by atoms with Gasteiger partial charge in [-0.05, 0) is 182 Å². The van der Waals surface area contributed by atoms with Crippen LogP contribution in [0.1, 0.15) is 87.5 Å². The molecule has 0 N–H and O–H groups in total. The van der Waals surface area contributed by atoms with Gasteiger partial charge in [-0.3, -0.25) is 0 Å². The summed E-state index contributed by atoms with van der Waals surface area (Å²) in [7, 11) is -3.15. The van der Waals surface area contributed by atoms with Crippen LogP contribution in [-0.4, -0.2) is 28.1 Å². The number of hydrogen-bond donors (Lipinski definition) is 0. The van der Waals surface area contributed by atoms with E-state index in [0.29, 0.717) is 22.6 Å². The van der Waals surface area contributed by atoms with E-state index >= 15 is 0 Å². The van der Waals surface area contributed by atoms with Gasteiger partial charge in [0.25, 0.3) is 0 Å². The first-order chi connectivity index (χ1) is 53.4.